The SMILES string of the molecule is CN(C(=O)c1ccc(OCC2CC2)cc1)[C@H]1CCc2cc(C3CCCCN3)ccc2C1. The number of aryl methyl sites for hydroxylation is 1. The van der Waals surface area contributed by atoms with Crippen LogP contribution in [-0.4, -0.2) is 37.0 Å². The zero-order valence-electron chi connectivity index (χ0n) is 18.6. The fourth-order valence-corrected chi connectivity index (χ4v) is 5.00. The second-order valence-electron chi connectivity index (χ2n) is 9.62. The van der Waals surface area contributed by atoms with Crippen LogP contribution in [0.4, 0.5) is 0 Å². The maximum atomic E-state index is 13.1. The lowest BCUT2D eigenvalue weighted by Gasteiger charge is -2.33. The molecule has 5 rings (SSSR count). The molecule has 2 fully saturated rings. The number of nitrogens with one attached hydrogen (secondary N) is 1. The maximum Gasteiger partial charge on any atom is 0.253 e. The summed E-state index contributed by atoms with van der Waals surface area (Å²) in [4.78, 5) is 15.0. The number of benzene rings is 2. The fourth-order valence-electron chi connectivity index (χ4n) is 5.00. The molecule has 0 spiro atoms. The predicted octanol–water partition coefficient (Wildman–Crippen LogP) is 4.92. The molecule has 1 unspecified atom stereocenters. The smallest absolute Gasteiger partial charge is 0.253 e. The lowest BCUT2D eigenvalue weighted by Crippen LogP contribution is -2.40. The van der Waals surface area contributed by atoms with E-state index in [9.17, 15) is 4.79 Å². The van der Waals surface area contributed by atoms with Gasteiger partial charge in [0.05, 0.1) is 6.61 Å². The normalized spacial score (nSPS) is 23.1. The van der Waals surface area contributed by atoms with Crippen LogP contribution in [0.5, 0.6) is 5.75 Å². The largest absolute Gasteiger partial charge is 0.493 e. The van der Waals surface area contributed by atoms with Crippen LogP contribution >= 0.6 is 0 Å². The van der Waals surface area contributed by atoms with Crippen molar-refractivity contribution in [2.24, 2.45) is 5.92 Å². The second-order valence-corrected chi connectivity index (χ2v) is 9.62. The van der Waals surface area contributed by atoms with Crippen molar-refractivity contribution in [2.45, 2.75) is 63.5 Å². The number of nitrogens with zero attached hydrogens (tertiary/aromatic N) is 1. The third kappa shape index (κ3) is 4.79. The highest BCUT2D eigenvalue weighted by atomic mass is 16.5. The van der Waals surface area contributed by atoms with E-state index in [1.54, 1.807) is 0 Å². The van der Waals surface area contributed by atoms with Gasteiger partial charge in [-0.1, -0.05) is 24.6 Å². The molecular weight excluding hydrogens is 384 g/mol. The van der Waals surface area contributed by atoms with Crippen molar-refractivity contribution in [3.8, 4) is 5.75 Å². The number of ether oxygens (including phenoxy) is 1. The quantitative estimate of drug-likeness (QED) is 0.724. The molecule has 2 atom stereocenters. The monoisotopic (exact) mass is 418 g/mol. The van der Waals surface area contributed by atoms with Crippen molar-refractivity contribution >= 4 is 5.91 Å². The highest BCUT2D eigenvalue weighted by Gasteiger charge is 2.27. The molecule has 4 heteroatoms. The zero-order valence-corrected chi connectivity index (χ0v) is 18.6. The molecule has 164 valence electrons. The van der Waals surface area contributed by atoms with E-state index in [0.717, 1.165) is 49.6 Å². The molecule has 31 heavy (non-hydrogen) atoms. The van der Waals surface area contributed by atoms with Gasteiger partial charge in [0.1, 0.15) is 5.75 Å². The minimum absolute atomic E-state index is 0.102. The van der Waals surface area contributed by atoms with Crippen molar-refractivity contribution in [3.05, 3.63) is 64.7 Å². The molecule has 1 N–H and O–H groups in total. The highest BCUT2D eigenvalue weighted by molar-refractivity contribution is 5.94. The molecule has 1 saturated heterocycles. The zero-order chi connectivity index (χ0) is 21.2. The Balaban J connectivity index is 1.21. The van der Waals surface area contributed by atoms with Gasteiger partial charge in [-0.2, -0.15) is 0 Å². The average molecular weight is 419 g/mol. The van der Waals surface area contributed by atoms with Gasteiger partial charge in [0.15, 0.2) is 0 Å². The topological polar surface area (TPSA) is 41.6 Å². The molecule has 1 amide bonds. The van der Waals surface area contributed by atoms with Crippen LogP contribution in [0.15, 0.2) is 42.5 Å². The van der Waals surface area contributed by atoms with Gasteiger partial charge in [0.2, 0.25) is 0 Å². The van der Waals surface area contributed by atoms with Gasteiger partial charge < -0.3 is 15.0 Å². The van der Waals surface area contributed by atoms with Gasteiger partial charge >= 0.3 is 0 Å². The summed E-state index contributed by atoms with van der Waals surface area (Å²) in [7, 11) is 1.95. The van der Waals surface area contributed by atoms with E-state index < -0.39 is 0 Å². The first-order valence-electron chi connectivity index (χ1n) is 12.0. The third-order valence-electron chi connectivity index (χ3n) is 7.30. The Bertz CT molecular complexity index is 913. The molecule has 1 saturated carbocycles. The molecule has 1 aliphatic heterocycles. The number of fused-ring (bicyclic) bond motifs is 1. The summed E-state index contributed by atoms with van der Waals surface area (Å²) in [6.45, 7) is 1.93. The van der Waals surface area contributed by atoms with Crippen LogP contribution in [0.2, 0.25) is 0 Å². The Kier molecular flexibility index (Phi) is 5.99. The van der Waals surface area contributed by atoms with Crippen molar-refractivity contribution in [1.29, 1.82) is 0 Å². The molecule has 0 aromatic heterocycles. The number of hydrogen-bond donors (Lipinski definition) is 1. The first kappa shape index (κ1) is 20.6. The third-order valence-corrected chi connectivity index (χ3v) is 7.30. The molecule has 1 heterocycles. The van der Waals surface area contributed by atoms with Crippen LogP contribution in [0.3, 0.4) is 0 Å². The van der Waals surface area contributed by atoms with Crippen LogP contribution in [-0.2, 0) is 12.8 Å². The van der Waals surface area contributed by atoms with Crippen molar-refractivity contribution < 1.29 is 9.53 Å². The first-order chi connectivity index (χ1) is 15.2. The number of rotatable bonds is 6. The Morgan fingerprint density at radius 1 is 1.03 bits per heavy atom. The van der Waals surface area contributed by atoms with Crippen LogP contribution < -0.4 is 10.1 Å². The van der Waals surface area contributed by atoms with Gasteiger partial charge in [-0.05, 0) is 98.4 Å². The number of hydrogen-bond acceptors (Lipinski definition) is 3. The van der Waals surface area contributed by atoms with E-state index in [0.29, 0.717) is 6.04 Å². The van der Waals surface area contributed by atoms with Crippen molar-refractivity contribution in [2.75, 3.05) is 20.2 Å². The van der Waals surface area contributed by atoms with E-state index in [1.165, 1.54) is 48.8 Å². The standard InChI is InChI=1S/C27H34N2O2/c1-29(27(30)20-10-13-25(14-11-20)31-18-19-5-6-19)24-12-9-21-16-23(8-7-22(21)17-24)26-4-2-3-15-28-26/h7-8,10-11,13-14,16,19,24,26,28H,2-6,9,12,15,17-18H2,1H3/t24-,26?/m0/s1. The summed E-state index contributed by atoms with van der Waals surface area (Å²) in [6.07, 6.45) is 9.43. The minimum atomic E-state index is 0.102. The molecule has 0 bridgehead atoms. The lowest BCUT2D eigenvalue weighted by atomic mass is 9.84. The first-order valence-corrected chi connectivity index (χ1v) is 12.0. The van der Waals surface area contributed by atoms with Crippen molar-refractivity contribution in [3.63, 3.8) is 0 Å². The maximum absolute atomic E-state index is 13.1. The molecule has 2 aromatic rings. The number of likely N-dealkylation sites (N-methyl/N-ethyl adjacent to an activating group) is 1. The van der Waals surface area contributed by atoms with Gasteiger partial charge in [-0.25, -0.2) is 0 Å². The number of piperidine rings is 1. The van der Waals surface area contributed by atoms with E-state index in [2.05, 4.69) is 23.5 Å². The lowest BCUT2D eigenvalue weighted by molar-refractivity contribution is 0.0719. The van der Waals surface area contributed by atoms with Crippen LogP contribution in [0.25, 0.3) is 0 Å². The molecule has 0 radical (unpaired) electrons. The van der Waals surface area contributed by atoms with Crippen LogP contribution in [0.1, 0.15) is 71.6 Å². The molecule has 2 aliphatic carbocycles. The fraction of sp³-hybridized carbons (Fsp3) is 0.519. The second kappa shape index (κ2) is 9.04. The Morgan fingerprint density at radius 3 is 2.61 bits per heavy atom. The van der Waals surface area contributed by atoms with Crippen molar-refractivity contribution in [1.82, 2.24) is 10.2 Å². The van der Waals surface area contributed by atoms with Gasteiger partial charge in [-0.3, -0.25) is 4.79 Å². The minimum Gasteiger partial charge on any atom is -0.493 e. The van der Waals surface area contributed by atoms with E-state index in [4.69, 9.17) is 4.74 Å². The van der Waals surface area contributed by atoms with E-state index >= 15 is 0 Å². The Labute approximate surface area is 186 Å². The summed E-state index contributed by atoms with van der Waals surface area (Å²) in [6, 6.07) is 15.5. The van der Waals surface area contributed by atoms with Gasteiger partial charge in [-0.15, -0.1) is 0 Å². The average Bonchev–Trinajstić information content (AvgIpc) is 3.67. The Hall–Kier alpha value is -2.33. The van der Waals surface area contributed by atoms with Crippen LogP contribution in [0, 0.1) is 5.92 Å². The number of carbonyl (C=O) groups excluding carboxylic acids is 1. The summed E-state index contributed by atoms with van der Waals surface area (Å²) < 4.78 is 5.80. The summed E-state index contributed by atoms with van der Waals surface area (Å²) >= 11 is 0. The van der Waals surface area contributed by atoms with E-state index in [-0.39, 0.29) is 11.9 Å². The van der Waals surface area contributed by atoms with Gasteiger partial charge in [0, 0.05) is 24.7 Å². The molecular formula is C27H34N2O2. The predicted molar refractivity (Wildman–Crippen MR) is 124 cm³/mol. The Morgan fingerprint density at radius 2 is 1.87 bits per heavy atom. The van der Waals surface area contributed by atoms with Gasteiger partial charge in [0.25, 0.3) is 5.91 Å². The summed E-state index contributed by atoms with van der Waals surface area (Å²) in [5, 5.41) is 3.66. The summed E-state index contributed by atoms with van der Waals surface area (Å²) in [5.41, 5.74) is 5.05. The highest BCUT2D eigenvalue weighted by Crippen LogP contribution is 2.31. The molecule has 2 aromatic carbocycles. The van der Waals surface area contributed by atoms with E-state index in [1.807, 2.05) is 36.2 Å². The summed E-state index contributed by atoms with van der Waals surface area (Å²) in [5.74, 6) is 1.70. The molecule has 3 aliphatic rings. The number of amides is 1. The number of carbonyl (C=O) groups is 1. The molecule has 4 nitrogen and oxygen atoms in total.